The van der Waals surface area contributed by atoms with Crippen molar-refractivity contribution in [2.75, 3.05) is 11.4 Å². The van der Waals surface area contributed by atoms with E-state index in [4.69, 9.17) is 10.0 Å². The molecule has 0 fully saturated rings. The van der Waals surface area contributed by atoms with Gasteiger partial charge in [-0.25, -0.2) is 8.42 Å². The van der Waals surface area contributed by atoms with E-state index in [1.165, 1.54) is 19.2 Å². The van der Waals surface area contributed by atoms with Crippen LogP contribution in [0.25, 0.3) is 0 Å². The van der Waals surface area contributed by atoms with Crippen LogP contribution in [0, 0.1) is 0 Å². The molecule has 0 saturated heterocycles. The summed E-state index contributed by atoms with van der Waals surface area (Å²) < 4.78 is 24.2. The monoisotopic (exact) mass is 227 g/mol. The topological polar surface area (TPSA) is 77.8 Å². The normalized spacial score (nSPS) is 17.7. The van der Waals surface area contributed by atoms with Gasteiger partial charge in [-0.15, -0.1) is 0 Å². The highest BCUT2D eigenvalue weighted by Gasteiger charge is 2.30. The highest BCUT2D eigenvalue weighted by Crippen LogP contribution is 2.30. The highest BCUT2D eigenvalue weighted by atomic mass is 32.2. The number of fused-ring (bicyclic) bond motifs is 1. The summed E-state index contributed by atoms with van der Waals surface area (Å²) in [4.78, 5) is 0. The molecular weight excluding hydrogens is 217 g/mol. The van der Waals surface area contributed by atoms with Crippen LogP contribution in [0.15, 0.2) is 18.2 Å². The average molecular weight is 227 g/mol. The largest absolute Gasteiger partial charge is 0.488 e. The number of sulfonamides is 1. The van der Waals surface area contributed by atoms with Crippen LogP contribution in [-0.4, -0.2) is 32.6 Å². The van der Waals surface area contributed by atoms with Gasteiger partial charge in [-0.3, -0.25) is 4.31 Å². The van der Waals surface area contributed by atoms with Gasteiger partial charge in [0.2, 0.25) is 10.0 Å². The summed E-state index contributed by atoms with van der Waals surface area (Å²) in [6.45, 7) is 0. The molecule has 1 aromatic carbocycles. The lowest BCUT2D eigenvalue weighted by Gasteiger charge is -2.11. The van der Waals surface area contributed by atoms with Crippen molar-refractivity contribution in [3.8, 4) is 0 Å². The maximum absolute atomic E-state index is 11.5. The number of hydrogen-bond donors (Lipinski definition) is 2. The van der Waals surface area contributed by atoms with Crippen molar-refractivity contribution in [2.45, 2.75) is 5.75 Å². The molecule has 0 saturated carbocycles. The average Bonchev–Trinajstić information content (AvgIpc) is 2.37. The molecule has 0 amide bonds. The Balaban J connectivity index is 2.54. The van der Waals surface area contributed by atoms with Crippen LogP contribution >= 0.6 is 0 Å². The standard InChI is InChI=1S/C8H10BNO4S/c1-10-8-4-7(9(11)12)3-2-6(8)5-15(10,13)14/h2-4,11-12H,5H2,1H3. The zero-order valence-electron chi connectivity index (χ0n) is 8.08. The van der Waals surface area contributed by atoms with Gasteiger partial charge < -0.3 is 10.0 Å². The minimum atomic E-state index is -3.26. The Morgan fingerprint density at radius 2 is 2.07 bits per heavy atom. The Hall–Kier alpha value is -1.05. The summed E-state index contributed by atoms with van der Waals surface area (Å²) in [6.07, 6.45) is 0. The summed E-state index contributed by atoms with van der Waals surface area (Å²) >= 11 is 0. The molecule has 0 atom stereocenters. The summed E-state index contributed by atoms with van der Waals surface area (Å²) in [7, 11) is -3.38. The molecule has 2 rings (SSSR count). The van der Waals surface area contributed by atoms with Crippen molar-refractivity contribution in [2.24, 2.45) is 0 Å². The van der Waals surface area contributed by atoms with Crippen LogP contribution in [0.5, 0.6) is 0 Å². The molecule has 0 bridgehead atoms. The summed E-state index contributed by atoms with van der Waals surface area (Å²) in [5.74, 6) is -0.0271. The Morgan fingerprint density at radius 1 is 1.40 bits per heavy atom. The quantitative estimate of drug-likeness (QED) is 0.581. The van der Waals surface area contributed by atoms with Gasteiger partial charge in [0, 0.05) is 7.05 Å². The van der Waals surface area contributed by atoms with Crippen molar-refractivity contribution >= 4 is 28.3 Å². The molecule has 0 radical (unpaired) electrons. The molecule has 0 aliphatic carbocycles. The summed E-state index contributed by atoms with van der Waals surface area (Å²) in [5.41, 5.74) is 1.49. The molecule has 80 valence electrons. The lowest BCUT2D eigenvalue weighted by atomic mass is 9.80. The molecule has 1 aliphatic heterocycles. The van der Waals surface area contributed by atoms with Crippen molar-refractivity contribution in [3.05, 3.63) is 23.8 Å². The maximum Gasteiger partial charge on any atom is 0.488 e. The van der Waals surface area contributed by atoms with Gasteiger partial charge in [-0.05, 0) is 17.1 Å². The number of anilines is 1. The van der Waals surface area contributed by atoms with E-state index < -0.39 is 17.1 Å². The van der Waals surface area contributed by atoms with Crippen LogP contribution in [0.2, 0.25) is 0 Å². The van der Waals surface area contributed by atoms with Crippen molar-refractivity contribution in [1.82, 2.24) is 0 Å². The van der Waals surface area contributed by atoms with Crippen LogP contribution in [0.3, 0.4) is 0 Å². The SMILES string of the molecule is CN1c2cc(B(O)O)ccc2CS1(=O)=O. The molecule has 1 aliphatic rings. The third kappa shape index (κ3) is 1.62. The van der Waals surface area contributed by atoms with Gasteiger partial charge in [0.25, 0.3) is 0 Å². The van der Waals surface area contributed by atoms with Gasteiger partial charge >= 0.3 is 7.12 Å². The lowest BCUT2D eigenvalue weighted by molar-refractivity contribution is 0.426. The highest BCUT2D eigenvalue weighted by molar-refractivity contribution is 7.92. The third-order valence-electron chi connectivity index (χ3n) is 2.50. The minimum Gasteiger partial charge on any atom is -0.423 e. The van der Waals surface area contributed by atoms with Crippen LogP contribution in [0.4, 0.5) is 5.69 Å². The Morgan fingerprint density at radius 3 is 2.67 bits per heavy atom. The predicted octanol–water partition coefficient (Wildman–Crippen LogP) is -1.35. The summed E-state index contributed by atoms with van der Waals surface area (Å²) in [6, 6.07) is 4.59. The fraction of sp³-hybridized carbons (Fsp3) is 0.250. The van der Waals surface area contributed by atoms with Gasteiger partial charge in [0.15, 0.2) is 0 Å². The smallest absolute Gasteiger partial charge is 0.423 e. The fourth-order valence-electron chi connectivity index (χ4n) is 1.60. The Labute approximate surface area is 88.2 Å². The van der Waals surface area contributed by atoms with Crippen molar-refractivity contribution in [3.63, 3.8) is 0 Å². The molecule has 7 heteroatoms. The molecular formula is C8H10BNO4S. The first-order chi connectivity index (χ1) is 6.92. The van der Waals surface area contributed by atoms with Crippen LogP contribution in [-0.2, 0) is 15.8 Å². The molecule has 5 nitrogen and oxygen atoms in total. The van der Waals surface area contributed by atoms with E-state index in [2.05, 4.69) is 0 Å². The molecule has 1 heterocycles. The van der Waals surface area contributed by atoms with E-state index in [9.17, 15) is 8.42 Å². The lowest BCUT2D eigenvalue weighted by Crippen LogP contribution is -2.30. The zero-order valence-corrected chi connectivity index (χ0v) is 8.90. The second kappa shape index (κ2) is 3.23. The molecule has 0 aromatic heterocycles. The second-order valence-electron chi connectivity index (χ2n) is 3.49. The summed E-state index contributed by atoms with van der Waals surface area (Å²) in [5, 5.41) is 17.9. The maximum atomic E-state index is 11.5. The molecule has 0 unspecified atom stereocenters. The van der Waals surface area contributed by atoms with E-state index in [0.29, 0.717) is 11.3 Å². The van der Waals surface area contributed by atoms with Crippen LogP contribution in [0.1, 0.15) is 5.56 Å². The Bertz CT molecular complexity index is 499. The molecule has 15 heavy (non-hydrogen) atoms. The first-order valence-corrected chi connectivity index (χ1v) is 5.98. The number of nitrogens with zero attached hydrogens (tertiary/aromatic N) is 1. The molecule has 1 aromatic rings. The first kappa shape index (κ1) is 10.5. The van der Waals surface area contributed by atoms with E-state index >= 15 is 0 Å². The van der Waals surface area contributed by atoms with Crippen molar-refractivity contribution in [1.29, 1.82) is 0 Å². The van der Waals surface area contributed by atoms with Crippen LogP contribution < -0.4 is 9.77 Å². The van der Waals surface area contributed by atoms with E-state index in [-0.39, 0.29) is 11.2 Å². The van der Waals surface area contributed by atoms with Gasteiger partial charge in [0.1, 0.15) is 0 Å². The Kier molecular flexibility index (Phi) is 2.25. The second-order valence-corrected chi connectivity index (χ2v) is 5.49. The molecule has 2 N–H and O–H groups in total. The van der Waals surface area contributed by atoms with E-state index in [0.717, 1.165) is 4.31 Å². The van der Waals surface area contributed by atoms with Gasteiger partial charge in [-0.1, -0.05) is 12.1 Å². The van der Waals surface area contributed by atoms with Crippen molar-refractivity contribution < 1.29 is 18.5 Å². The third-order valence-corrected chi connectivity index (χ3v) is 4.21. The van der Waals surface area contributed by atoms with E-state index in [1.807, 2.05) is 0 Å². The number of benzene rings is 1. The predicted molar refractivity (Wildman–Crippen MR) is 57.3 cm³/mol. The first-order valence-electron chi connectivity index (χ1n) is 4.37. The van der Waals surface area contributed by atoms with Gasteiger partial charge in [-0.2, -0.15) is 0 Å². The number of rotatable bonds is 1. The fourth-order valence-corrected chi connectivity index (χ4v) is 2.90. The number of hydrogen-bond acceptors (Lipinski definition) is 4. The van der Waals surface area contributed by atoms with E-state index in [1.54, 1.807) is 6.07 Å². The molecule has 0 spiro atoms. The zero-order chi connectivity index (χ0) is 11.2. The van der Waals surface area contributed by atoms with Gasteiger partial charge in [0.05, 0.1) is 11.4 Å². The minimum absolute atomic E-state index is 0.0271.